The van der Waals surface area contributed by atoms with Gasteiger partial charge in [-0.3, -0.25) is 10.1 Å². The van der Waals surface area contributed by atoms with Crippen molar-refractivity contribution in [2.45, 2.75) is 0 Å². The quantitative estimate of drug-likeness (QED) is 0.889. The van der Waals surface area contributed by atoms with Gasteiger partial charge in [-0.1, -0.05) is 35.3 Å². The first-order valence-electron chi connectivity index (χ1n) is 6.21. The largest absolute Gasteiger partial charge is 0.497 e. The van der Waals surface area contributed by atoms with Crippen LogP contribution >= 0.6 is 23.2 Å². The number of hydrogen-bond donors (Lipinski definition) is 2. The van der Waals surface area contributed by atoms with Gasteiger partial charge in [-0.05, 0) is 24.3 Å². The number of halogens is 2. The van der Waals surface area contributed by atoms with E-state index in [0.717, 1.165) is 0 Å². The number of carbonyl (C=O) groups is 2. The van der Waals surface area contributed by atoms with Crippen LogP contribution in [0.5, 0.6) is 5.75 Å². The van der Waals surface area contributed by atoms with Crippen LogP contribution in [0, 0.1) is 0 Å². The highest BCUT2D eigenvalue weighted by atomic mass is 35.5. The van der Waals surface area contributed by atoms with Crippen LogP contribution in [-0.2, 0) is 0 Å². The summed E-state index contributed by atoms with van der Waals surface area (Å²) in [6.45, 7) is 0. The minimum atomic E-state index is -0.700. The van der Waals surface area contributed by atoms with E-state index in [4.69, 9.17) is 27.9 Å². The summed E-state index contributed by atoms with van der Waals surface area (Å²) in [6.07, 6.45) is 0. The highest BCUT2D eigenvalue weighted by Gasteiger charge is 2.17. The van der Waals surface area contributed by atoms with E-state index in [0.29, 0.717) is 11.4 Å². The molecule has 0 heterocycles. The van der Waals surface area contributed by atoms with Crippen LogP contribution in [-0.4, -0.2) is 19.0 Å². The molecule has 0 aliphatic rings. The van der Waals surface area contributed by atoms with Gasteiger partial charge in [0.05, 0.1) is 22.7 Å². The van der Waals surface area contributed by atoms with Gasteiger partial charge in [-0.2, -0.15) is 0 Å². The van der Waals surface area contributed by atoms with E-state index in [1.807, 2.05) is 0 Å². The van der Waals surface area contributed by atoms with Gasteiger partial charge in [0.1, 0.15) is 5.75 Å². The smallest absolute Gasteiger partial charge is 0.326 e. The Morgan fingerprint density at radius 1 is 1.05 bits per heavy atom. The molecule has 2 aromatic rings. The predicted octanol–water partition coefficient (Wildman–Crippen LogP) is 3.96. The Labute approximate surface area is 137 Å². The first kappa shape index (κ1) is 16.1. The molecule has 5 nitrogen and oxygen atoms in total. The SMILES string of the molecule is COc1cccc(NC(=O)NC(=O)c2c(Cl)cccc2Cl)c1. The summed E-state index contributed by atoms with van der Waals surface area (Å²) in [4.78, 5) is 23.9. The summed E-state index contributed by atoms with van der Waals surface area (Å²) in [5.41, 5.74) is 0.529. The zero-order valence-electron chi connectivity index (χ0n) is 11.5. The van der Waals surface area contributed by atoms with Crippen LogP contribution in [0.15, 0.2) is 42.5 Å². The van der Waals surface area contributed by atoms with Gasteiger partial charge in [0.15, 0.2) is 0 Å². The Morgan fingerprint density at radius 2 is 1.68 bits per heavy atom. The fourth-order valence-electron chi connectivity index (χ4n) is 1.74. The van der Waals surface area contributed by atoms with Crippen molar-refractivity contribution >= 4 is 40.8 Å². The maximum absolute atomic E-state index is 12.0. The number of rotatable bonds is 3. The van der Waals surface area contributed by atoms with Crippen LogP contribution < -0.4 is 15.4 Å². The molecule has 2 aromatic carbocycles. The number of carbonyl (C=O) groups excluding carboxylic acids is 2. The minimum absolute atomic E-state index is 0.0478. The maximum atomic E-state index is 12.0. The number of amides is 3. The summed E-state index contributed by atoms with van der Waals surface area (Å²) in [6, 6.07) is 10.7. The standard InChI is InChI=1S/C15H12Cl2N2O3/c1-22-10-5-2-4-9(8-10)18-15(21)19-14(20)13-11(16)6-3-7-12(13)17/h2-8H,1H3,(H2,18,19,20,21). The molecule has 114 valence electrons. The van der Waals surface area contributed by atoms with Crippen LogP contribution in [0.4, 0.5) is 10.5 Å². The Balaban J connectivity index is 2.07. The molecular formula is C15H12Cl2N2O3. The Morgan fingerprint density at radius 3 is 2.32 bits per heavy atom. The molecule has 0 saturated heterocycles. The third kappa shape index (κ3) is 3.90. The van der Waals surface area contributed by atoms with Gasteiger partial charge >= 0.3 is 6.03 Å². The van der Waals surface area contributed by atoms with Crippen molar-refractivity contribution in [3.05, 3.63) is 58.1 Å². The molecule has 0 atom stereocenters. The van der Waals surface area contributed by atoms with E-state index in [-0.39, 0.29) is 15.6 Å². The minimum Gasteiger partial charge on any atom is -0.497 e. The van der Waals surface area contributed by atoms with Crippen molar-refractivity contribution < 1.29 is 14.3 Å². The molecule has 2 rings (SSSR count). The van der Waals surface area contributed by atoms with Crippen LogP contribution in [0.25, 0.3) is 0 Å². The van der Waals surface area contributed by atoms with Gasteiger partial charge in [0.25, 0.3) is 5.91 Å². The number of anilines is 1. The fourth-order valence-corrected chi connectivity index (χ4v) is 2.31. The maximum Gasteiger partial charge on any atom is 0.326 e. The van der Waals surface area contributed by atoms with E-state index in [9.17, 15) is 9.59 Å². The zero-order chi connectivity index (χ0) is 16.1. The molecule has 0 spiro atoms. The molecule has 7 heteroatoms. The summed E-state index contributed by atoms with van der Waals surface area (Å²) in [5, 5.41) is 5.02. The number of ether oxygens (including phenoxy) is 1. The highest BCUT2D eigenvalue weighted by Crippen LogP contribution is 2.24. The monoisotopic (exact) mass is 338 g/mol. The topological polar surface area (TPSA) is 67.4 Å². The number of urea groups is 1. The predicted molar refractivity (Wildman–Crippen MR) is 85.9 cm³/mol. The lowest BCUT2D eigenvalue weighted by atomic mass is 10.2. The summed E-state index contributed by atoms with van der Waals surface area (Å²) < 4.78 is 5.04. The van der Waals surface area contributed by atoms with Gasteiger partial charge in [-0.15, -0.1) is 0 Å². The average Bonchev–Trinajstić information content (AvgIpc) is 2.47. The number of hydrogen-bond acceptors (Lipinski definition) is 3. The van der Waals surface area contributed by atoms with Crippen molar-refractivity contribution in [1.82, 2.24) is 5.32 Å². The van der Waals surface area contributed by atoms with Crippen molar-refractivity contribution in [3.63, 3.8) is 0 Å². The van der Waals surface area contributed by atoms with Gasteiger partial charge in [-0.25, -0.2) is 4.79 Å². The van der Waals surface area contributed by atoms with Gasteiger partial charge in [0.2, 0.25) is 0 Å². The summed E-state index contributed by atoms with van der Waals surface area (Å²) in [7, 11) is 1.52. The first-order valence-corrected chi connectivity index (χ1v) is 6.97. The number of methoxy groups -OCH3 is 1. The molecule has 0 saturated carbocycles. The van der Waals surface area contributed by atoms with Crippen LogP contribution in [0.1, 0.15) is 10.4 Å². The molecule has 0 radical (unpaired) electrons. The van der Waals surface area contributed by atoms with E-state index in [2.05, 4.69) is 10.6 Å². The second-order valence-corrected chi connectivity index (χ2v) is 5.05. The summed E-state index contributed by atoms with van der Waals surface area (Å²) in [5.74, 6) is -0.103. The molecule has 0 aromatic heterocycles. The van der Waals surface area contributed by atoms with Crippen LogP contribution in [0.3, 0.4) is 0 Å². The van der Waals surface area contributed by atoms with Crippen molar-refractivity contribution in [2.75, 3.05) is 12.4 Å². The number of imide groups is 1. The third-order valence-corrected chi connectivity index (χ3v) is 3.37. The Kier molecular flexibility index (Phi) is 5.25. The second kappa shape index (κ2) is 7.15. The van der Waals surface area contributed by atoms with Gasteiger partial charge in [0, 0.05) is 11.8 Å². The number of benzene rings is 2. The van der Waals surface area contributed by atoms with Crippen molar-refractivity contribution in [2.24, 2.45) is 0 Å². The lowest BCUT2D eigenvalue weighted by Crippen LogP contribution is -2.34. The van der Waals surface area contributed by atoms with Crippen molar-refractivity contribution in [3.8, 4) is 5.75 Å². The molecule has 0 fully saturated rings. The molecule has 0 unspecified atom stereocenters. The molecule has 0 aliphatic carbocycles. The molecule has 0 bridgehead atoms. The second-order valence-electron chi connectivity index (χ2n) is 4.24. The molecule has 22 heavy (non-hydrogen) atoms. The molecular weight excluding hydrogens is 327 g/mol. The zero-order valence-corrected chi connectivity index (χ0v) is 13.0. The molecule has 0 aliphatic heterocycles. The van der Waals surface area contributed by atoms with E-state index in [1.54, 1.807) is 30.3 Å². The van der Waals surface area contributed by atoms with E-state index >= 15 is 0 Å². The Bertz CT molecular complexity index is 699. The van der Waals surface area contributed by atoms with Crippen LogP contribution in [0.2, 0.25) is 10.0 Å². The highest BCUT2D eigenvalue weighted by molar-refractivity contribution is 6.40. The average molecular weight is 339 g/mol. The van der Waals surface area contributed by atoms with Gasteiger partial charge < -0.3 is 10.1 Å². The fraction of sp³-hybridized carbons (Fsp3) is 0.0667. The normalized spacial score (nSPS) is 9.95. The third-order valence-electron chi connectivity index (χ3n) is 2.74. The first-order chi connectivity index (χ1) is 10.5. The van der Waals surface area contributed by atoms with Crippen molar-refractivity contribution in [1.29, 1.82) is 0 Å². The number of nitrogens with one attached hydrogen (secondary N) is 2. The lowest BCUT2D eigenvalue weighted by Gasteiger charge is -2.09. The molecule has 3 amide bonds. The Hall–Kier alpha value is -2.24. The lowest BCUT2D eigenvalue weighted by molar-refractivity contribution is 0.0967. The van der Waals surface area contributed by atoms with E-state index < -0.39 is 11.9 Å². The summed E-state index contributed by atoms with van der Waals surface area (Å²) >= 11 is 11.8. The van der Waals surface area contributed by atoms with E-state index in [1.165, 1.54) is 19.2 Å². The molecule has 2 N–H and O–H groups in total.